The minimum Gasteiger partial charge on any atom is -0.396 e. The van der Waals surface area contributed by atoms with Gasteiger partial charge in [0, 0.05) is 12.7 Å². The molecule has 0 aliphatic heterocycles. The maximum atomic E-state index is 11.3. The summed E-state index contributed by atoms with van der Waals surface area (Å²) in [5.74, 6) is -0.558. The first-order valence-corrected chi connectivity index (χ1v) is 5.96. The molecule has 5 nitrogen and oxygen atoms in total. The number of hydrogen-bond donors (Lipinski definition) is 2. The van der Waals surface area contributed by atoms with Crippen molar-refractivity contribution in [2.45, 2.75) is 0 Å². The van der Waals surface area contributed by atoms with Crippen molar-refractivity contribution in [1.29, 1.82) is 5.26 Å². The van der Waals surface area contributed by atoms with Gasteiger partial charge in [-0.3, -0.25) is 4.79 Å². The van der Waals surface area contributed by atoms with Gasteiger partial charge in [0.05, 0.1) is 28.6 Å². The number of nitrogen functional groups attached to an aromatic ring is 1. The molecule has 2 aromatic carbocycles. The fourth-order valence-corrected chi connectivity index (χ4v) is 1.96. The minimum atomic E-state index is -0.558. The van der Waals surface area contributed by atoms with E-state index in [1.165, 1.54) is 0 Å². The molecule has 0 radical (unpaired) electrons. The molecule has 2 rings (SSSR count). The summed E-state index contributed by atoms with van der Waals surface area (Å²) in [4.78, 5) is 13.1. The summed E-state index contributed by atoms with van der Waals surface area (Å²) in [6.07, 6.45) is 0. The van der Waals surface area contributed by atoms with Crippen LogP contribution in [0.1, 0.15) is 15.9 Å². The number of anilines is 3. The Kier molecular flexibility index (Phi) is 3.58. The number of para-hydroxylation sites is 1. The number of nitrogens with zero attached hydrogens (tertiary/aromatic N) is 2. The highest BCUT2D eigenvalue weighted by Crippen LogP contribution is 2.31. The van der Waals surface area contributed by atoms with Crippen LogP contribution in [0.2, 0.25) is 0 Å². The van der Waals surface area contributed by atoms with Gasteiger partial charge in [-0.15, -0.1) is 0 Å². The molecule has 0 fully saturated rings. The zero-order valence-electron chi connectivity index (χ0n) is 11.0. The molecule has 0 aliphatic carbocycles. The zero-order valence-corrected chi connectivity index (χ0v) is 11.0. The van der Waals surface area contributed by atoms with Gasteiger partial charge in [0.1, 0.15) is 0 Å². The quantitative estimate of drug-likeness (QED) is 0.830. The summed E-state index contributed by atoms with van der Waals surface area (Å²) in [7, 11) is 1.83. The van der Waals surface area contributed by atoms with E-state index in [-0.39, 0.29) is 0 Å². The number of primary amides is 1. The van der Waals surface area contributed by atoms with Crippen LogP contribution < -0.4 is 16.4 Å². The number of benzene rings is 2. The first-order chi connectivity index (χ1) is 9.54. The summed E-state index contributed by atoms with van der Waals surface area (Å²) in [5, 5.41) is 8.79. The molecule has 1 amide bonds. The van der Waals surface area contributed by atoms with Gasteiger partial charge in [0.25, 0.3) is 5.91 Å². The Morgan fingerprint density at radius 3 is 2.40 bits per heavy atom. The maximum absolute atomic E-state index is 11.3. The molecule has 0 heterocycles. The molecule has 0 saturated carbocycles. The van der Waals surface area contributed by atoms with E-state index in [2.05, 4.69) is 6.07 Å². The summed E-state index contributed by atoms with van der Waals surface area (Å²) < 4.78 is 0. The van der Waals surface area contributed by atoms with Crippen LogP contribution in [0, 0.1) is 11.3 Å². The highest BCUT2D eigenvalue weighted by Gasteiger charge is 2.13. The Morgan fingerprint density at radius 1 is 1.20 bits per heavy atom. The van der Waals surface area contributed by atoms with Crippen LogP contribution >= 0.6 is 0 Å². The second kappa shape index (κ2) is 5.33. The maximum Gasteiger partial charge on any atom is 0.250 e. The van der Waals surface area contributed by atoms with E-state index >= 15 is 0 Å². The third kappa shape index (κ3) is 2.40. The Hall–Kier alpha value is -3.00. The average molecular weight is 266 g/mol. The minimum absolute atomic E-state index is 0.294. The van der Waals surface area contributed by atoms with Crippen molar-refractivity contribution < 1.29 is 4.79 Å². The first-order valence-electron chi connectivity index (χ1n) is 5.96. The molecule has 0 aliphatic rings. The Bertz CT molecular complexity index is 686. The monoisotopic (exact) mass is 266 g/mol. The lowest BCUT2D eigenvalue weighted by molar-refractivity contribution is 0.100. The molecule has 0 aromatic heterocycles. The molecule has 4 N–H and O–H groups in total. The molecule has 0 unspecified atom stereocenters. The lowest BCUT2D eigenvalue weighted by atomic mass is 10.1. The second-order valence-corrected chi connectivity index (χ2v) is 4.32. The third-order valence-electron chi connectivity index (χ3n) is 3.09. The van der Waals surface area contributed by atoms with Gasteiger partial charge < -0.3 is 16.4 Å². The molecule has 0 atom stereocenters. The average Bonchev–Trinajstić information content (AvgIpc) is 2.46. The number of amides is 1. The number of hydrogen-bond acceptors (Lipinski definition) is 4. The molecule has 20 heavy (non-hydrogen) atoms. The topological polar surface area (TPSA) is 96.1 Å². The van der Waals surface area contributed by atoms with Crippen LogP contribution in [-0.4, -0.2) is 13.0 Å². The molecule has 5 heteroatoms. The normalized spacial score (nSPS) is 9.80. The van der Waals surface area contributed by atoms with Crippen LogP contribution in [-0.2, 0) is 0 Å². The van der Waals surface area contributed by atoms with Crippen molar-refractivity contribution in [3.63, 3.8) is 0 Å². The number of nitriles is 1. The second-order valence-electron chi connectivity index (χ2n) is 4.32. The van der Waals surface area contributed by atoms with Gasteiger partial charge in [0.2, 0.25) is 0 Å². The summed E-state index contributed by atoms with van der Waals surface area (Å²) in [6, 6.07) is 14.3. The molecular weight excluding hydrogens is 252 g/mol. The Labute approximate surface area is 117 Å². The SMILES string of the molecule is CN(c1ccc(C#N)cc1)c1cccc(C(N)=O)c1N. The van der Waals surface area contributed by atoms with Crippen LogP contribution in [0.4, 0.5) is 17.1 Å². The summed E-state index contributed by atoms with van der Waals surface area (Å²) in [5.41, 5.74) is 14.0. The Balaban J connectivity index is 2.43. The standard InChI is InChI=1S/C15H14N4O/c1-19(11-7-5-10(9-16)6-8-11)13-4-2-3-12(14(13)17)15(18)20/h2-8H,17H2,1H3,(H2,18,20). The fraction of sp³-hybridized carbons (Fsp3) is 0.0667. The van der Waals surface area contributed by atoms with E-state index < -0.39 is 5.91 Å². The van der Waals surface area contributed by atoms with E-state index in [0.717, 1.165) is 5.69 Å². The van der Waals surface area contributed by atoms with Gasteiger partial charge >= 0.3 is 0 Å². The molecular formula is C15H14N4O. The van der Waals surface area contributed by atoms with Gasteiger partial charge in [-0.1, -0.05) is 6.07 Å². The van der Waals surface area contributed by atoms with Crippen LogP contribution in [0.3, 0.4) is 0 Å². The first kappa shape index (κ1) is 13.4. The number of carbonyl (C=O) groups is 1. The Morgan fingerprint density at radius 2 is 1.85 bits per heavy atom. The van der Waals surface area contributed by atoms with Crippen molar-refractivity contribution in [2.75, 3.05) is 17.7 Å². The zero-order chi connectivity index (χ0) is 14.7. The predicted molar refractivity (Wildman–Crippen MR) is 78.6 cm³/mol. The van der Waals surface area contributed by atoms with Crippen molar-refractivity contribution in [3.8, 4) is 6.07 Å². The van der Waals surface area contributed by atoms with Crippen molar-refractivity contribution >= 4 is 23.0 Å². The van der Waals surface area contributed by atoms with Crippen molar-refractivity contribution in [3.05, 3.63) is 53.6 Å². The molecule has 0 saturated heterocycles. The van der Waals surface area contributed by atoms with Crippen LogP contribution in [0.5, 0.6) is 0 Å². The lowest BCUT2D eigenvalue weighted by Gasteiger charge is -2.22. The molecule has 0 spiro atoms. The summed E-state index contributed by atoms with van der Waals surface area (Å²) in [6.45, 7) is 0. The predicted octanol–water partition coefficient (Wildman–Crippen LogP) is 2.01. The van der Waals surface area contributed by atoms with E-state index in [9.17, 15) is 4.79 Å². The molecule has 2 aromatic rings. The summed E-state index contributed by atoms with van der Waals surface area (Å²) >= 11 is 0. The van der Waals surface area contributed by atoms with Crippen LogP contribution in [0.15, 0.2) is 42.5 Å². The van der Waals surface area contributed by atoms with E-state index in [1.54, 1.807) is 30.3 Å². The van der Waals surface area contributed by atoms with Crippen LogP contribution in [0.25, 0.3) is 0 Å². The number of nitrogens with two attached hydrogens (primary N) is 2. The fourth-order valence-electron chi connectivity index (χ4n) is 1.96. The van der Waals surface area contributed by atoms with E-state index in [1.807, 2.05) is 24.1 Å². The smallest absolute Gasteiger partial charge is 0.250 e. The van der Waals surface area contributed by atoms with Crippen molar-refractivity contribution in [1.82, 2.24) is 0 Å². The number of carbonyl (C=O) groups excluding carboxylic acids is 1. The molecule has 100 valence electrons. The molecule has 0 bridgehead atoms. The van der Waals surface area contributed by atoms with Crippen molar-refractivity contribution in [2.24, 2.45) is 5.73 Å². The van der Waals surface area contributed by atoms with E-state index in [0.29, 0.717) is 22.5 Å². The van der Waals surface area contributed by atoms with Gasteiger partial charge in [0.15, 0.2) is 0 Å². The van der Waals surface area contributed by atoms with Gasteiger partial charge in [-0.05, 0) is 36.4 Å². The van der Waals surface area contributed by atoms with Gasteiger partial charge in [-0.25, -0.2) is 0 Å². The number of rotatable bonds is 3. The largest absolute Gasteiger partial charge is 0.396 e. The highest BCUT2D eigenvalue weighted by molar-refractivity contribution is 6.01. The third-order valence-corrected chi connectivity index (χ3v) is 3.09. The van der Waals surface area contributed by atoms with E-state index in [4.69, 9.17) is 16.7 Å². The highest BCUT2D eigenvalue weighted by atomic mass is 16.1. The van der Waals surface area contributed by atoms with Gasteiger partial charge in [-0.2, -0.15) is 5.26 Å². The lowest BCUT2D eigenvalue weighted by Crippen LogP contribution is -2.17.